The molecule has 0 aliphatic carbocycles. The van der Waals surface area contributed by atoms with Gasteiger partial charge in [-0.3, -0.25) is 4.79 Å². The summed E-state index contributed by atoms with van der Waals surface area (Å²) in [6.07, 6.45) is 2.25. The highest BCUT2D eigenvalue weighted by Gasteiger charge is 2.09. The lowest BCUT2D eigenvalue weighted by Crippen LogP contribution is -2.14. The van der Waals surface area contributed by atoms with Gasteiger partial charge in [0.05, 0.1) is 6.42 Å². The van der Waals surface area contributed by atoms with Crippen LogP contribution in [-0.2, 0) is 11.2 Å². The third kappa shape index (κ3) is 3.00. The molecule has 3 nitrogen and oxygen atoms in total. The van der Waals surface area contributed by atoms with E-state index in [1.165, 1.54) is 0 Å². The highest BCUT2D eigenvalue weighted by atomic mass is 79.9. The van der Waals surface area contributed by atoms with Gasteiger partial charge in [-0.1, -0.05) is 40.2 Å². The molecule has 21 heavy (non-hydrogen) atoms. The molecule has 0 atom stereocenters. The highest BCUT2D eigenvalue weighted by Crippen LogP contribution is 2.22. The number of halogens is 1. The van der Waals surface area contributed by atoms with Gasteiger partial charge >= 0.3 is 0 Å². The maximum atomic E-state index is 12.2. The van der Waals surface area contributed by atoms with Crippen molar-refractivity contribution in [3.63, 3.8) is 0 Å². The predicted octanol–water partition coefficient (Wildman–Crippen LogP) is 4.42. The third-order valence-corrected chi connectivity index (χ3v) is 4.34. The van der Waals surface area contributed by atoms with Crippen LogP contribution >= 0.6 is 15.9 Å². The summed E-state index contributed by atoms with van der Waals surface area (Å²) in [6.45, 7) is 2.02. The van der Waals surface area contributed by atoms with Gasteiger partial charge < -0.3 is 10.3 Å². The smallest absolute Gasteiger partial charge is 0.228 e. The second-order valence-corrected chi connectivity index (χ2v) is 5.90. The highest BCUT2D eigenvalue weighted by molar-refractivity contribution is 9.10. The van der Waals surface area contributed by atoms with Crippen molar-refractivity contribution < 1.29 is 4.79 Å². The van der Waals surface area contributed by atoms with E-state index in [2.05, 4.69) is 26.2 Å². The number of hydrogen-bond acceptors (Lipinski definition) is 1. The first-order valence-corrected chi connectivity index (χ1v) is 7.54. The number of aromatic amines is 1. The first kappa shape index (κ1) is 13.9. The summed E-state index contributed by atoms with van der Waals surface area (Å²) in [6, 6.07) is 13.8. The van der Waals surface area contributed by atoms with Crippen LogP contribution in [0.5, 0.6) is 0 Å². The maximum Gasteiger partial charge on any atom is 0.228 e. The molecule has 0 fully saturated rings. The average molecular weight is 343 g/mol. The molecule has 0 aliphatic rings. The molecular weight excluding hydrogens is 328 g/mol. The van der Waals surface area contributed by atoms with Crippen molar-refractivity contribution in [3.8, 4) is 0 Å². The number of fused-ring (bicyclic) bond motifs is 1. The zero-order chi connectivity index (χ0) is 14.8. The van der Waals surface area contributed by atoms with Crippen LogP contribution < -0.4 is 5.32 Å². The van der Waals surface area contributed by atoms with E-state index in [9.17, 15) is 4.79 Å². The number of benzene rings is 2. The van der Waals surface area contributed by atoms with Crippen LogP contribution in [0.4, 0.5) is 5.69 Å². The zero-order valence-corrected chi connectivity index (χ0v) is 13.2. The number of aromatic nitrogens is 1. The summed E-state index contributed by atoms with van der Waals surface area (Å²) in [7, 11) is 0. The first-order valence-electron chi connectivity index (χ1n) is 6.74. The molecule has 2 N–H and O–H groups in total. The van der Waals surface area contributed by atoms with Crippen molar-refractivity contribution in [1.82, 2.24) is 4.98 Å². The van der Waals surface area contributed by atoms with Gasteiger partial charge in [-0.2, -0.15) is 0 Å². The molecule has 1 heterocycles. The molecule has 106 valence electrons. The number of rotatable bonds is 3. The summed E-state index contributed by atoms with van der Waals surface area (Å²) < 4.78 is 0.993. The van der Waals surface area contributed by atoms with Crippen molar-refractivity contribution in [2.24, 2.45) is 0 Å². The third-order valence-electron chi connectivity index (χ3n) is 3.48. The summed E-state index contributed by atoms with van der Waals surface area (Å²) in [4.78, 5) is 15.4. The minimum absolute atomic E-state index is 0.0180. The van der Waals surface area contributed by atoms with Crippen molar-refractivity contribution in [3.05, 3.63) is 64.3 Å². The molecule has 0 radical (unpaired) electrons. The fourth-order valence-electron chi connectivity index (χ4n) is 2.33. The minimum Gasteiger partial charge on any atom is -0.361 e. The fourth-order valence-corrected chi connectivity index (χ4v) is 2.71. The summed E-state index contributed by atoms with van der Waals surface area (Å²) in [5.74, 6) is -0.0180. The molecule has 0 spiro atoms. The van der Waals surface area contributed by atoms with Crippen molar-refractivity contribution in [1.29, 1.82) is 0 Å². The maximum absolute atomic E-state index is 12.2. The second-order valence-electron chi connectivity index (χ2n) is 5.05. The number of nitrogens with one attached hydrogen (secondary N) is 2. The monoisotopic (exact) mass is 342 g/mol. The summed E-state index contributed by atoms with van der Waals surface area (Å²) in [5, 5.41) is 4.03. The average Bonchev–Trinajstić information content (AvgIpc) is 2.86. The van der Waals surface area contributed by atoms with Crippen LogP contribution in [0.25, 0.3) is 10.9 Å². The number of carbonyl (C=O) groups is 1. The minimum atomic E-state index is -0.0180. The Balaban J connectivity index is 1.75. The Hall–Kier alpha value is -2.07. The Morgan fingerprint density at radius 2 is 2.05 bits per heavy atom. The molecule has 0 aliphatic heterocycles. The number of aryl methyl sites for hydroxylation is 1. The van der Waals surface area contributed by atoms with Gasteiger partial charge in [-0.25, -0.2) is 0 Å². The second kappa shape index (κ2) is 5.74. The Kier molecular flexibility index (Phi) is 3.80. The van der Waals surface area contributed by atoms with E-state index in [-0.39, 0.29) is 5.91 Å². The molecule has 3 aromatic rings. The van der Waals surface area contributed by atoms with Gasteiger partial charge in [0.25, 0.3) is 0 Å². The Morgan fingerprint density at radius 1 is 1.24 bits per heavy atom. The molecule has 0 saturated carbocycles. The van der Waals surface area contributed by atoms with E-state index < -0.39 is 0 Å². The molecule has 0 unspecified atom stereocenters. The number of anilines is 1. The normalized spacial score (nSPS) is 10.8. The number of hydrogen-bond donors (Lipinski definition) is 2. The van der Waals surface area contributed by atoms with Gasteiger partial charge in [-0.15, -0.1) is 0 Å². The molecule has 1 amide bonds. The number of para-hydroxylation sites is 1. The van der Waals surface area contributed by atoms with Crippen LogP contribution in [-0.4, -0.2) is 10.9 Å². The van der Waals surface area contributed by atoms with Crippen LogP contribution in [0.2, 0.25) is 0 Å². The molecule has 2 aromatic carbocycles. The van der Waals surface area contributed by atoms with Crippen molar-refractivity contribution in [2.45, 2.75) is 13.3 Å². The lowest BCUT2D eigenvalue weighted by Gasteiger charge is -2.06. The van der Waals surface area contributed by atoms with Gasteiger partial charge in [0, 0.05) is 27.3 Å². The molecule has 0 saturated heterocycles. The Bertz CT molecular complexity index is 807. The summed E-state index contributed by atoms with van der Waals surface area (Å²) >= 11 is 3.47. The largest absolute Gasteiger partial charge is 0.361 e. The lowest BCUT2D eigenvalue weighted by molar-refractivity contribution is -0.115. The quantitative estimate of drug-likeness (QED) is 0.726. The number of carbonyl (C=O) groups excluding carboxylic acids is 1. The number of H-pyrrole nitrogens is 1. The molecular formula is C17H15BrN2O. The van der Waals surface area contributed by atoms with E-state index in [4.69, 9.17) is 0 Å². The predicted molar refractivity (Wildman–Crippen MR) is 89.5 cm³/mol. The Morgan fingerprint density at radius 3 is 2.86 bits per heavy atom. The molecule has 0 bridgehead atoms. The van der Waals surface area contributed by atoms with E-state index >= 15 is 0 Å². The fraction of sp³-hybridized carbons (Fsp3) is 0.118. The standard InChI is InChI=1S/C17H15BrN2O/c1-11-6-7-13(9-15(11)18)20-17(21)8-12-10-19-16-5-3-2-4-14(12)16/h2-7,9-10,19H,8H2,1H3,(H,20,21). The Labute approximate surface area is 131 Å². The van der Waals surface area contributed by atoms with Crippen LogP contribution in [0.15, 0.2) is 53.1 Å². The van der Waals surface area contributed by atoms with E-state index in [0.29, 0.717) is 6.42 Å². The first-order chi connectivity index (χ1) is 10.1. The van der Waals surface area contributed by atoms with Crippen LogP contribution in [0, 0.1) is 6.92 Å². The topological polar surface area (TPSA) is 44.9 Å². The SMILES string of the molecule is Cc1ccc(NC(=O)Cc2c[nH]c3ccccc23)cc1Br. The van der Waals surface area contributed by atoms with E-state index in [1.54, 1.807) is 0 Å². The lowest BCUT2D eigenvalue weighted by atomic mass is 10.1. The van der Waals surface area contributed by atoms with E-state index in [1.807, 2.05) is 55.6 Å². The molecule has 3 rings (SSSR count). The van der Waals surface area contributed by atoms with Gasteiger partial charge in [-0.05, 0) is 36.2 Å². The van der Waals surface area contributed by atoms with Crippen LogP contribution in [0.3, 0.4) is 0 Å². The van der Waals surface area contributed by atoms with Crippen LogP contribution in [0.1, 0.15) is 11.1 Å². The van der Waals surface area contributed by atoms with Crippen molar-refractivity contribution in [2.75, 3.05) is 5.32 Å². The summed E-state index contributed by atoms with van der Waals surface area (Å²) in [5.41, 5.74) is 4.01. The van der Waals surface area contributed by atoms with Gasteiger partial charge in [0.2, 0.25) is 5.91 Å². The molecule has 4 heteroatoms. The number of amides is 1. The molecule has 1 aromatic heterocycles. The van der Waals surface area contributed by atoms with Gasteiger partial charge in [0.15, 0.2) is 0 Å². The van der Waals surface area contributed by atoms with Gasteiger partial charge in [0.1, 0.15) is 0 Å². The van der Waals surface area contributed by atoms with Crippen molar-refractivity contribution >= 4 is 38.4 Å². The van der Waals surface area contributed by atoms with E-state index in [0.717, 1.165) is 32.2 Å². The zero-order valence-electron chi connectivity index (χ0n) is 11.6.